The lowest BCUT2D eigenvalue weighted by atomic mass is 9.96. The first-order valence-electron chi connectivity index (χ1n) is 10.0. The van der Waals surface area contributed by atoms with Crippen molar-refractivity contribution < 1.29 is 9.47 Å². The van der Waals surface area contributed by atoms with Crippen molar-refractivity contribution in [1.82, 2.24) is 10.2 Å². The molecule has 0 bridgehead atoms. The average Bonchev–Trinajstić information content (AvgIpc) is 2.69. The number of guanidine groups is 1. The number of para-hydroxylation sites is 1. The zero-order chi connectivity index (χ0) is 18.6. The van der Waals surface area contributed by atoms with Gasteiger partial charge in [0.15, 0.2) is 5.96 Å². The maximum Gasteiger partial charge on any atom is 0.193 e. The van der Waals surface area contributed by atoms with Crippen molar-refractivity contribution in [2.24, 2.45) is 10.9 Å². The Hall–Kier alpha value is -1.75. The number of ether oxygens (including phenoxy) is 2. The molecule has 1 fully saturated rings. The highest BCUT2D eigenvalue weighted by Crippen LogP contribution is 2.18. The fourth-order valence-corrected chi connectivity index (χ4v) is 3.12. The number of rotatable bonds is 9. The van der Waals surface area contributed by atoms with Gasteiger partial charge in [-0.2, -0.15) is 0 Å². The van der Waals surface area contributed by atoms with Crippen LogP contribution in [0.15, 0.2) is 35.3 Å². The van der Waals surface area contributed by atoms with E-state index in [2.05, 4.69) is 31.1 Å². The molecule has 1 aromatic carbocycles. The lowest BCUT2D eigenvalue weighted by Gasteiger charge is -2.27. The minimum Gasteiger partial charge on any atom is -0.489 e. The van der Waals surface area contributed by atoms with Gasteiger partial charge in [-0.1, -0.05) is 25.1 Å². The largest absolute Gasteiger partial charge is 0.489 e. The molecule has 1 aromatic rings. The maximum atomic E-state index is 6.06. The molecule has 1 unspecified atom stereocenters. The summed E-state index contributed by atoms with van der Waals surface area (Å²) in [4.78, 5) is 7.07. The normalized spacial score (nSPS) is 17.0. The molecule has 5 nitrogen and oxygen atoms in total. The summed E-state index contributed by atoms with van der Waals surface area (Å²) >= 11 is 0. The summed E-state index contributed by atoms with van der Waals surface area (Å²) in [5, 5.41) is 3.41. The van der Waals surface area contributed by atoms with E-state index in [0.717, 1.165) is 50.4 Å². The monoisotopic (exact) mass is 361 g/mol. The van der Waals surface area contributed by atoms with Crippen LogP contribution < -0.4 is 10.1 Å². The van der Waals surface area contributed by atoms with E-state index < -0.39 is 0 Å². The Kier molecular flexibility index (Phi) is 9.32. The summed E-state index contributed by atoms with van der Waals surface area (Å²) in [6.07, 6.45) is 4.59. The number of hydrogen-bond acceptors (Lipinski definition) is 3. The minimum absolute atomic E-state index is 0.0925. The third-order valence-electron chi connectivity index (χ3n) is 4.86. The predicted octanol–water partition coefficient (Wildman–Crippen LogP) is 3.56. The molecule has 146 valence electrons. The number of nitrogens with one attached hydrogen (secondary N) is 1. The first kappa shape index (κ1) is 20.6. The summed E-state index contributed by atoms with van der Waals surface area (Å²) in [5.74, 6) is 2.65. The van der Waals surface area contributed by atoms with Crippen LogP contribution in [0, 0.1) is 5.92 Å². The predicted molar refractivity (Wildman–Crippen MR) is 108 cm³/mol. The van der Waals surface area contributed by atoms with Crippen LogP contribution in [0.25, 0.3) is 0 Å². The average molecular weight is 362 g/mol. The van der Waals surface area contributed by atoms with Gasteiger partial charge in [-0.25, -0.2) is 4.99 Å². The van der Waals surface area contributed by atoms with E-state index in [1.807, 2.05) is 30.3 Å². The molecular weight excluding hydrogens is 326 g/mol. The first-order chi connectivity index (χ1) is 12.7. The lowest BCUT2D eigenvalue weighted by Crippen LogP contribution is -2.40. The van der Waals surface area contributed by atoms with Gasteiger partial charge in [0.2, 0.25) is 0 Å². The molecule has 1 heterocycles. The van der Waals surface area contributed by atoms with Crippen LogP contribution in [0.1, 0.15) is 39.5 Å². The van der Waals surface area contributed by atoms with Gasteiger partial charge in [0.1, 0.15) is 11.9 Å². The molecule has 5 heteroatoms. The van der Waals surface area contributed by atoms with E-state index in [-0.39, 0.29) is 6.10 Å². The van der Waals surface area contributed by atoms with Gasteiger partial charge in [0.05, 0.1) is 6.54 Å². The van der Waals surface area contributed by atoms with Crippen LogP contribution in [0.4, 0.5) is 0 Å². The van der Waals surface area contributed by atoms with Crippen LogP contribution in [0.2, 0.25) is 0 Å². The molecule has 1 aliphatic heterocycles. The van der Waals surface area contributed by atoms with E-state index in [4.69, 9.17) is 14.5 Å². The van der Waals surface area contributed by atoms with Gasteiger partial charge in [-0.15, -0.1) is 0 Å². The molecule has 0 aromatic heterocycles. The van der Waals surface area contributed by atoms with Crippen LogP contribution in [0.5, 0.6) is 5.75 Å². The number of benzene rings is 1. The second-order valence-corrected chi connectivity index (χ2v) is 6.92. The summed E-state index contributed by atoms with van der Waals surface area (Å²) in [6.45, 7) is 8.64. The van der Waals surface area contributed by atoms with E-state index >= 15 is 0 Å². The highest BCUT2D eigenvalue weighted by atomic mass is 16.5. The highest BCUT2D eigenvalue weighted by molar-refractivity contribution is 5.79. The Balaban J connectivity index is 1.86. The molecule has 0 aliphatic carbocycles. The summed E-state index contributed by atoms with van der Waals surface area (Å²) in [6, 6.07) is 10.00. The molecule has 0 saturated carbocycles. The Bertz CT molecular complexity index is 515. The number of aliphatic imine (C=N–C) groups is 1. The quantitative estimate of drug-likeness (QED) is 0.540. The summed E-state index contributed by atoms with van der Waals surface area (Å²) in [7, 11) is 2.12. The Morgan fingerprint density at radius 2 is 2.00 bits per heavy atom. The van der Waals surface area contributed by atoms with Crippen LogP contribution >= 0.6 is 0 Å². The van der Waals surface area contributed by atoms with Gasteiger partial charge in [-0.3, -0.25) is 0 Å². The van der Waals surface area contributed by atoms with Crippen molar-refractivity contribution in [2.75, 3.05) is 39.9 Å². The third kappa shape index (κ3) is 7.24. The highest BCUT2D eigenvalue weighted by Gasteiger charge is 2.16. The number of hydrogen-bond donors (Lipinski definition) is 1. The smallest absolute Gasteiger partial charge is 0.193 e. The zero-order valence-corrected chi connectivity index (χ0v) is 16.6. The van der Waals surface area contributed by atoms with Crippen molar-refractivity contribution in [3.05, 3.63) is 30.3 Å². The van der Waals surface area contributed by atoms with Crippen molar-refractivity contribution in [3.8, 4) is 5.75 Å². The lowest BCUT2D eigenvalue weighted by molar-refractivity contribution is 0.0625. The zero-order valence-electron chi connectivity index (χ0n) is 16.6. The Labute approximate surface area is 158 Å². The Morgan fingerprint density at radius 1 is 1.27 bits per heavy atom. The van der Waals surface area contributed by atoms with E-state index in [1.165, 1.54) is 19.3 Å². The first-order valence-corrected chi connectivity index (χ1v) is 10.0. The van der Waals surface area contributed by atoms with Crippen molar-refractivity contribution >= 4 is 5.96 Å². The molecular formula is C21H35N3O2. The summed E-state index contributed by atoms with van der Waals surface area (Å²) < 4.78 is 11.5. The summed E-state index contributed by atoms with van der Waals surface area (Å²) in [5.41, 5.74) is 0. The molecule has 0 amide bonds. The Morgan fingerprint density at radius 3 is 2.65 bits per heavy atom. The third-order valence-corrected chi connectivity index (χ3v) is 4.86. The van der Waals surface area contributed by atoms with E-state index in [0.29, 0.717) is 6.54 Å². The van der Waals surface area contributed by atoms with Gasteiger partial charge >= 0.3 is 0 Å². The van der Waals surface area contributed by atoms with Gasteiger partial charge in [0.25, 0.3) is 0 Å². The van der Waals surface area contributed by atoms with Crippen LogP contribution in [-0.2, 0) is 4.74 Å². The van der Waals surface area contributed by atoms with Gasteiger partial charge in [0, 0.05) is 33.4 Å². The molecule has 0 spiro atoms. The molecule has 1 atom stereocenters. The maximum absolute atomic E-state index is 6.06. The molecule has 26 heavy (non-hydrogen) atoms. The molecule has 1 aliphatic rings. The fourth-order valence-electron chi connectivity index (χ4n) is 3.12. The number of nitrogens with zero attached hydrogens (tertiary/aromatic N) is 2. The second kappa shape index (κ2) is 11.8. The van der Waals surface area contributed by atoms with Crippen LogP contribution in [0.3, 0.4) is 0 Å². The molecule has 0 radical (unpaired) electrons. The van der Waals surface area contributed by atoms with E-state index in [1.54, 1.807) is 0 Å². The van der Waals surface area contributed by atoms with Crippen molar-refractivity contribution in [3.63, 3.8) is 0 Å². The van der Waals surface area contributed by atoms with E-state index in [9.17, 15) is 0 Å². The van der Waals surface area contributed by atoms with Gasteiger partial charge in [-0.05, 0) is 50.7 Å². The molecule has 2 rings (SSSR count). The van der Waals surface area contributed by atoms with Crippen molar-refractivity contribution in [1.29, 1.82) is 0 Å². The topological polar surface area (TPSA) is 46.1 Å². The second-order valence-electron chi connectivity index (χ2n) is 6.92. The molecule has 1 saturated heterocycles. The van der Waals surface area contributed by atoms with Crippen molar-refractivity contribution in [2.45, 2.75) is 45.6 Å². The fraction of sp³-hybridized carbons (Fsp3) is 0.667. The SMILES string of the molecule is CCNC(=NCC(CC)Oc1ccccc1)N(C)CCC1CCOCC1. The van der Waals surface area contributed by atoms with Gasteiger partial charge < -0.3 is 19.7 Å². The molecule has 1 N–H and O–H groups in total. The standard InChI is InChI=1S/C21H35N3O2/c1-4-19(26-20-9-7-6-8-10-20)17-23-21(22-5-2)24(3)14-11-18-12-15-25-16-13-18/h6-10,18-19H,4-5,11-17H2,1-3H3,(H,22,23). The minimum atomic E-state index is 0.0925. The van der Waals surface area contributed by atoms with Crippen LogP contribution in [-0.4, -0.2) is 56.9 Å².